The van der Waals surface area contributed by atoms with Gasteiger partial charge in [0.1, 0.15) is 0 Å². The van der Waals surface area contributed by atoms with E-state index in [2.05, 4.69) is 15.4 Å². The Kier molecular flexibility index (Phi) is 3.49. The molecular weight excluding hydrogens is 310 g/mol. The van der Waals surface area contributed by atoms with E-state index in [1.165, 1.54) is 6.07 Å². The molecule has 3 N–H and O–H groups in total. The number of carbonyl (C=O) groups is 1. The van der Waals surface area contributed by atoms with Gasteiger partial charge in [-0.1, -0.05) is 18.2 Å². The van der Waals surface area contributed by atoms with Gasteiger partial charge in [0.25, 0.3) is 0 Å². The van der Waals surface area contributed by atoms with Crippen molar-refractivity contribution in [2.24, 2.45) is 5.92 Å². The van der Waals surface area contributed by atoms with Gasteiger partial charge in [0.05, 0.1) is 5.69 Å². The van der Waals surface area contributed by atoms with E-state index in [-0.39, 0.29) is 23.5 Å². The van der Waals surface area contributed by atoms with E-state index >= 15 is 0 Å². The molecule has 4 rings (SSSR count). The number of amides is 1. The van der Waals surface area contributed by atoms with Crippen LogP contribution < -0.4 is 10.5 Å². The highest BCUT2D eigenvalue weighted by atomic mass is 16.8. The Morgan fingerprint density at radius 3 is 2.83 bits per heavy atom. The number of quaternary nitrogens is 1. The van der Waals surface area contributed by atoms with Crippen molar-refractivity contribution in [1.29, 1.82) is 0 Å². The number of carbonyl (C=O) groups excluding carboxylic acids is 1. The smallest absolute Gasteiger partial charge is 0.249 e. The zero-order valence-corrected chi connectivity index (χ0v) is 12.6. The molecule has 0 bridgehead atoms. The number of benzene rings is 1. The number of nitrogens with zero attached hydrogens (tertiary/aromatic N) is 3. The molecule has 8 heteroatoms. The molecule has 1 aromatic carbocycles. The van der Waals surface area contributed by atoms with Crippen LogP contribution in [0.4, 0.5) is 11.6 Å². The fraction of sp³-hybridized carbons (Fsp3) is 0.188. The number of rotatable bonds is 4. The van der Waals surface area contributed by atoms with Crippen LogP contribution in [-0.4, -0.2) is 25.7 Å². The summed E-state index contributed by atoms with van der Waals surface area (Å²) in [5.74, 6) is 0.275. The van der Waals surface area contributed by atoms with Crippen molar-refractivity contribution < 1.29 is 15.2 Å². The second-order valence-corrected chi connectivity index (χ2v) is 5.77. The van der Waals surface area contributed by atoms with Crippen LogP contribution in [0.5, 0.6) is 0 Å². The molecule has 1 amide bonds. The highest BCUT2D eigenvalue weighted by molar-refractivity contribution is 5.92. The van der Waals surface area contributed by atoms with Gasteiger partial charge in [-0.3, -0.25) is 10.1 Å². The lowest BCUT2D eigenvalue weighted by atomic mass is 10.1. The monoisotopic (exact) mass is 325 g/mol. The molecule has 122 valence electrons. The first kappa shape index (κ1) is 14.8. The van der Waals surface area contributed by atoms with E-state index in [0.29, 0.717) is 16.9 Å². The second kappa shape index (κ2) is 5.68. The molecule has 2 aromatic heterocycles. The molecule has 24 heavy (non-hydrogen) atoms. The van der Waals surface area contributed by atoms with E-state index < -0.39 is 5.23 Å². The SMILES string of the molecule is O=C(Nc1nc2cccc(-c3cccc([NH+]([O-])O)c3)n2n1)C1CC1. The Balaban J connectivity index is 1.74. The highest BCUT2D eigenvalue weighted by Crippen LogP contribution is 2.30. The normalized spacial score (nSPS) is 15.4. The molecule has 3 aromatic rings. The first-order valence-corrected chi connectivity index (χ1v) is 7.62. The van der Waals surface area contributed by atoms with Crippen molar-refractivity contribution >= 4 is 23.2 Å². The van der Waals surface area contributed by atoms with E-state index in [4.69, 9.17) is 5.21 Å². The van der Waals surface area contributed by atoms with Crippen LogP contribution in [0.25, 0.3) is 16.9 Å². The largest absolute Gasteiger partial charge is 0.595 e. The number of hydrogen-bond donors (Lipinski definition) is 3. The standard InChI is InChI=1S/C16H15N5O3/c22-15(10-7-8-10)18-16-17-14-6-2-5-13(20(14)19-16)11-3-1-4-12(9-11)21(23)24/h1-6,9-10,21,23H,7-8H2,(H,18,19,22). The third kappa shape index (κ3) is 2.73. The van der Waals surface area contributed by atoms with Gasteiger partial charge in [-0.05, 0) is 25.0 Å². The zero-order chi connectivity index (χ0) is 16.7. The van der Waals surface area contributed by atoms with Crippen LogP contribution in [0.2, 0.25) is 0 Å². The summed E-state index contributed by atoms with van der Waals surface area (Å²) in [4.78, 5) is 16.2. The van der Waals surface area contributed by atoms with E-state index in [9.17, 15) is 10.0 Å². The third-order valence-corrected chi connectivity index (χ3v) is 3.95. The minimum Gasteiger partial charge on any atom is -0.595 e. The van der Waals surface area contributed by atoms with Crippen molar-refractivity contribution in [3.05, 3.63) is 47.7 Å². The summed E-state index contributed by atoms with van der Waals surface area (Å²) in [7, 11) is 0. The zero-order valence-electron chi connectivity index (χ0n) is 12.6. The molecule has 1 fully saturated rings. The number of fused-ring (bicyclic) bond motifs is 1. The molecule has 0 spiro atoms. The molecule has 8 nitrogen and oxygen atoms in total. The van der Waals surface area contributed by atoms with Crippen molar-refractivity contribution in [3.63, 3.8) is 0 Å². The van der Waals surface area contributed by atoms with E-state index in [1.54, 1.807) is 22.7 Å². The quantitative estimate of drug-likeness (QED) is 0.624. The Hall–Kier alpha value is -2.81. The lowest BCUT2D eigenvalue weighted by Gasteiger charge is -2.12. The fourth-order valence-electron chi connectivity index (χ4n) is 2.55. The first-order chi connectivity index (χ1) is 11.6. The Bertz CT molecular complexity index is 917. The molecule has 0 aliphatic heterocycles. The van der Waals surface area contributed by atoms with Crippen molar-refractivity contribution in [1.82, 2.24) is 14.6 Å². The number of hydrogen-bond acceptors (Lipinski definition) is 5. The topological polar surface area (TPSA) is 107 Å². The first-order valence-electron chi connectivity index (χ1n) is 7.62. The van der Waals surface area contributed by atoms with Crippen LogP contribution in [0.3, 0.4) is 0 Å². The minimum absolute atomic E-state index is 0.0552. The number of nitrogens with one attached hydrogen (secondary N) is 2. The molecule has 0 saturated heterocycles. The maximum Gasteiger partial charge on any atom is 0.249 e. The predicted octanol–water partition coefficient (Wildman–Crippen LogP) is 1.15. The number of aromatic nitrogens is 3. The molecule has 1 atom stereocenters. The van der Waals surface area contributed by atoms with Crippen LogP contribution in [0.15, 0.2) is 42.5 Å². The second-order valence-electron chi connectivity index (χ2n) is 5.77. The molecule has 1 saturated carbocycles. The van der Waals surface area contributed by atoms with Crippen molar-refractivity contribution in [2.75, 3.05) is 5.32 Å². The third-order valence-electron chi connectivity index (χ3n) is 3.95. The Morgan fingerprint density at radius 2 is 2.08 bits per heavy atom. The maximum absolute atomic E-state index is 11.9. The van der Waals surface area contributed by atoms with Gasteiger partial charge in [-0.25, -0.2) is 9.72 Å². The molecule has 0 radical (unpaired) electrons. The fourth-order valence-corrected chi connectivity index (χ4v) is 2.55. The van der Waals surface area contributed by atoms with Crippen LogP contribution in [-0.2, 0) is 4.79 Å². The molecular formula is C16H15N5O3. The van der Waals surface area contributed by atoms with Crippen molar-refractivity contribution in [2.45, 2.75) is 12.8 Å². The lowest BCUT2D eigenvalue weighted by Crippen LogP contribution is -2.99. The summed E-state index contributed by atoms with van der Waals surface area (Å²) in [6.45, 7) is 0. The predicted molar refractivity (Wildman–Crippen MR) is 85.6 cm³/mol. The average molecular weight is 325 g/mol. The van der Waals surface area contributed by atoms with Crippen molar-refractivity contribution in [3.8, 4) is 11.3 Å². The summed E-state index contributed by atoms with van der Waals surface area (Å²) >= 11 is 0. The summed E-state index contributed by atoms with van der Waals surface area (Å²) < 4.78 is 1.60. The molecule has 1 aliphatic carbocycles. The summed E-state index contributed by atoms with van der Waals surface area (Å²) in [5.41, 5.74) is 2.20. The van der Waals surface area contributed by atoms with Gasteiger partial charge in [-0.15, -0.1) is 5.10 Å². The van der Waals surface area contributed by atoms with Gasteiger partial charge < -0.3 is 5.21 Å². The van der Waals surface area contributed by atoms with Gasteiger partial charge >= 0.3 is 0 Å². The number of pyridine rings is 1. The minimum atomic E-state index is -0.986. The lowest BCUT2D eigenvalue weighted by molar-refractivity contribution is -0.991. The van der Waals surface area contributed by atoms with Gasteiger partial charge in [0.15, 0.2) is 11.3 Å². The summed E-state index contributed by atoms with van der Waals surface area (Å²) in [6.07, 6.45) is 1.82. The van der Waals surface area contributed by atoms with Crippen LogP contribution in [0.1, 0.15) is 12.8 Å². The summed E-state index contributed by atoms with van der Waals surface area (Å²) in [5, 5.41) is 26.4. The Labute approximate surface area is 136 Å². The molecule has 1 unspecified atom stereocenters. The highest BCUT2D eigenvalue weighted by Gasteiger charge is 2.30. The maximum atomic E-state index is 11.9. The van der Waals surface area contributed by atoms with Gasteiger partial charge in [0.2, 0.25) is 11.9 Å². The Morgan fingerprint density at radius 1 is 1.29 bits per heavy atom. The number of anilines is 1. The van der Waals surface area contributed by atoms with Crippen LogP contribution in [0, 0.1) is 11.1 Å². The van der Waals surface area contributed by atoms with E-state index in [1.807, 2.05) is 18.2 Å². The molecule has 2 heterocycles. The van der Waals surface area contributed by atoms with Gasteiger partial charge in [-0.2, -0.15) is 10.2 Å². The summed E-state index contributed by atoms with van der Waals surface area (Å²) in [6, 6.07) is 12.0. The average Bonchev–Trinajstić information content (AvgIpc) is 3.35. The molecule has 1 aliphatic rings. The van der Waals surface area contributed by atoms with Gasteiger partial charge in [0, 0.05) is 23.6 Å². The van der Waals surface area contributed by atoms with Crippen LogP contribution >= 0.6 is 0 Å². The van der Waals surface area contributed by atoms with E-state index in [0.717, 1.165) is 12.8 Å².